The smallest absolute Gasteiger partial charge is 0.242 e. The molecule has 2 atom stereocenters. The van der Waals surface area contributed by atoms with Gasteiger partial charge in [0.15, 0.2) is 5.16 Å². The fourth-order valence-corrected chi connectivity index (χ4v) is 2.44. The van der Waals surface area contributed by atoms with Crippen molar-refractivity contribution in [2.45, 2.75) is 30.4 Å². The predicted octanol–water partition coefficient (Wildman–Crippen LogP) is -0.145. The molecule has 112 valence electrons. The van der Waals surface area contributed by atoms with Gasteiger partial charge in [0, 0.05) is 18.3 Å². The lowest BCUT2D eigenvalue weighted by Crippen LogP contribution is -2.37. The molecule has 1 fully saturated rings. The molecule has 1 aromatic heterocycles. The van der Waals surface area contributed by atoms with Crippen molar-refractivity contribution < 1.29 is 9.84 Å². The third-order valence-electron chi connectivity index (χ3n) is 3.00. The Morgan fingerprint density at radius 3 is 2.60 bits per heavy atom. The van der Waals surface area contributed by atoms with E-state index in [9.17, 15) is 5.11 Å². The fraction of sp³-hybridized carbons (Fsp3) is 0.727. The number of aromatic nitrogens is 3. The van der Waals surface area contributed by atoms with E-state index in [0.717, 1.165) is 13.1 Å². The molecule has 9 heteroatoms. The number of ether oxygens (including phenoxy) is 1. The summed E-state index contributed by atoms with van der Waals surface area (Å²) in [7, 11) is 0. The van der Waals surface area contributed by atoms with Gasteiger partial charge in [-0.1, -0.05) is 18.7 Å². The maximum absolute atomic E-state index is 9.57. The molecular weight excluding hydrogens is 280 g/mol. The summed E-state index contributed by atoms with van der Waals surface area (Å²) < 4.78 is 5.31. The van der Waals surface area contributed by atoms with Crippen molar-refractivity contribution in [2.24, 2.45) is 5.84 Å². The number of hydrogen-bond acceptors (Lipinski definition) is 9. The second-order valence-electron chi connectivity index (χ2n) is 4.55. The number of anilines is 2. The Labute approximate surface area is 122 Å². The summed E-state index contributed by atoms with van der Waals surface area (Å²) in [6.45, 7) is 6.45. The molecule has 1 aliphatic rings. The number of nitrogens with zero attached hydrogens (tertiary/aromatic N) is 4. The number of morpholine rings is 1. The van der Waals surface area contributed by atoms with Crippen LogP contribution in [-0.2, 0) is 4.74 Å². The van der Waals surface area contributed by atoms with Gasteiger partial charge in [0.2, 0.25) is 11.9 Å². The highest BCUT2D eigenvalue weighted by atomic mass is 32.2. The van der Waals surface area contributed by atoms with Gasteiger partial charge in [-0.05, 0) is 6.92 Å². The maximum atomic E-state index is 9.57. The van der Waals surface area contributed by atoms with E-state index in [0.29, 0.717) is 30.3 Å². The molecular formula is C11H20N6O2S. The van der Waals surface area contributed by atoms with Gasteiger partial charge in [0.25, 0.3) is 0 Å². The third-order valence-corrected chi connectivity index (χ3v) is 4.16. The molecule has 0 radical (unpaired) electrons. The molecule has 20 heavy (non-hydrogen) atoms. The van der Waals surface area contributed by atoms with E-state index < -0.39 is 6.10 Å². The fourth-order valence-electron chi connectivity index (χ4n) is 1.63. The number of nitrogen functional groups attached to an aromatic ring is 1. The lowest BCUT2D eigenvalue weighted by molar-refractivity contribution is 0.122. The highest BCUT2D eigenvalue weighted by Crippen LogP contribution is 2.24. The number of nitrogens with one attached hydrogen (secondary N) is 1. The zero-order valence-electron chi connectivity index (χ0n) is 11.6. The van der Waals surface area contributed by atoms with E-state index in [4.69, 9.17) is 10.6 Å². The number of nitrogens with two attached hydrogens (primary N) is 1. The Hall–Kier alpha value is -1.16. The van der Waals surface area contributed by atoms with Crippen LogP contribution < -0.4 is 16.2 Å². The largest absolute Gasteiger partial charge is 0.392 e. The van der Waals surface area contributed by atoms with Crippen LogP contribution in [0.3, 0.4) is 0 Å². The number of aliphatic hydroxyl groups is 1. The van der Waals surface area contributed by atoms with Gasteiger partial charge in [-0.3, -0.25) is 5.43 Å². The van der Waals surface area contributed by atoms with Crippen LogP contribution in [-0.4, -0.2) is 57.7 Å². The lowest BCUT2D eigenvalue weighted by atomic mass is 10.3. The zero-order valence-corrected chi connectivity index (χ0v) is 12.4. The van der Waals surface area contributed by atoms with E-state index >= 15 is 0 Å². The van der Waals surface area contributed by atoms with Crippen molar-refractivity contribution >= 4 is 23.7 Å². The molecule has 2 unspecified atom stereocenters. The summed E-state index contributed by atoms with van der Waals surface area (Å²) in [5, 5.41) is 10.1. The molecule has 2 heterocycles. The Morgan fingerprint density at radius 2 is 2.00 bits per heavy atom. The van der Waals surface area contributed by atoms with E-state index in [2.05, 4.69) is 20.4 Å². The van der Waals surface area contributed by atoms with Crippen molar-refractivity contribution in [1.82, 2.24) is 15.0 Å². The number of hydrazine groups is 1. The van der Waals surface area contributed by atoms with Crippen molar-refractivity contribution in [3.8, 4) is 0 Å². The minimum Gasteiger partial charge on any atom is -0.392 e. The summed E-state index contributed by atoms with van der Waals surface area (Å²) in [6.07, 6.45) is -0.446. The minimum absolute atomic E-state index is 0.0134. The first-order valence-electron chi connectivity index (χ1n) is 6.50. The number of rotatable bonds is 5. The molecule has 1 aromatic rings. The summed E-state index contributed by atoms with van der Waals surface area (Å²) in [6, 6.07) is 0. The van der Waals surface area contributed by atoms with Gasteiger partial charge in [0.1, 0.15) is 0 Å². The van der Waals surface area contributed by atoms with E-state index in [1.807, 2.05) is 11.8 Å². The minimum atomic E-state index is -0.446. The molecule has 1 saturated heterocycles. The van der Waals surface area contributed by atoms with Crippen LogP contribution in [0.2, 0.25) is 0 Å². The highest BCUT2D eigenvalue weighted by Gasteiger charge is 2.18. The first-order valence-corrected chi connectivity index (χ1v) is 7.38. The van der Waals surface area contributed by atoms with Gasteiger partial charge in [-0.15, -0.1) is 0 Å². The van der Waals surface area contributed by atoms with E-state index in [1.165, 1.54) is 11.8 Å². The quantitative estimate of drug-likeness (QED) is 0.388. The van der Waals surface area contributed by atoms with Crippen LogP contribution in [0.25, 0.3) is 0 Å². The molecule has 0 aliphatic carbocycles. The predicted molar refractivity (Wildman–Crippen MR) is 77.7 cm³/mol. The molecule has 0 amide bonds. The second kappa shape index (κ2) is 7.02. The molecule has 4 N–H and O–H groups in total. The highest BCUT2D eigenvalue weighted by molar-refractivity contribution is 7.99. The molecule has 1 aliphatic heterocycles. The molecule has 0 bridgehead atoms. The summed E-state index contributed by atoms with van der Waals surface area (Å²) in [4.78, 5) is 14.9. The van der Waals surface area contributed by atoms with Crippen LogP contribution in [0.5, 0.6) is 0 Å². The maximum Gasteiger partial charge on any atom is 0.242 e. The first kappa shape index (κ1) is 15.2. The SMILES string of the molecule is CC(O)C(C)Sc1nc(NN)nc(N2CCOCC2)n1. The van der Waals surface area contributed by atoms with Gasteiger partial charge in [-0.25, -0.2) is 5.84 Å². The third kappa shape index (κ3) is 3.92. The normalized spacial score (nSPS) is 18.7. The summed E-state index contributed by atoms with van der Waals surface area (Å²) >= 11 is 1.39. The van der Waals surface area contributed by atoms with Gasteiger partial charge in [-0.2, -0.15) is 15.0 Å². The molecule has 0 saturated carbocycles. The average Bonchev–Trinajstić information content (AvgIpc) is 2.47. The van der Waals surface area contributed by atoms with Crippen molar-refractivity contribution in [3.05, 3.63) is 0 Å². The Balaban J connectivity index is 2.19. The van der Waals surface area contributed by atoms with Crippen LogP contribution in [0.15, 0.2) is 5.16 Å². The monoisotopic (exact) mass is 300 g/mol. The van der Waals surface area contributed by atoms with Crippen LogP contribution in [0, 0.1) is 0 Å². The van der Waals surface area contributed by atoms with Crippen molar-refractivity contribution in [3.63, 3.8) is 0 Å². The van der Waals surface area contributed by atoms with Gasteiger partial charge in [0.05, 0.1) is 19.3 Å². The Kier molecular flexibility index (Phi) is 5.35. The number of aliphatic hydroxyl groups excluding tert-OH is 1. The number of thioether (sulfide) groups is 1. The summed E-state index contributed by atoms with van der Waals surface area (Å²) in [5.41, 5.74) is 2.45. The Morgan fingerprint density at radius 1 is 1.30 bits per heavy atom. The van der Waals surface area contributed by atoms with Gasteiger partial charge < -0.3 is 14.7 Å². The van der Waals surface area contributed by atoms with Crippen molar-refractivity contribution in [2.75, 3.05) is 36.6 Å². The second-order valence-corrected chi connectivity index (χ2v) is 5.89. The van der Waals surface area contributed by atoms with E-state index in [-0.39, 0.29) is 5.25 Å². The molecule has 8 nitrogen and oxygen atoms in total. The number of hydrogen-bond donors (Lipinski definition) is 3. The standard InChI is InChI=1S/C11H20N6O2S/c1-7(18)8(2)20-11-14-9(16-12)13-10(15-11)17-3-5-19-6-4-17/h7-8,18H,3-6,12H2,1-2H3,(H,13,14,15,16). The topological polar surface area (TPSA) is 109 Å². The zero-order chi connectivity index (χ0) is 14.5. The lowest BCUT2D eigenvalue weighted by Gasteiger charge is -2.27. The Bertz CT molecular complexity index is 441. The van der Waals surface area contributed by atoms with Crippen molar-refractivity contribution in [1.29, 1.82) is 0 Å². The average molecular weight is 300 g/mol. The van der Waals surface area contributed by atoms with Gasteiger partial charge >= 0.3 is 0 Å². The van der Waals surface area contributed by atoms with E-state index in [1.54, 1.807) is 6.92 Å². The molecule has 0 aromatic carbocycles. The molecule has 0 spiro atoms. The first-order chi connectivity index (χ1) is 9.60. The molecule has 2 rings (SSSR count). The van der Waals surface area contributed by atoms with Crippen LogP contribution in [0.1, 0.15) is 13.8 Å². The van der Waals surface area contributed by atoms with Crippen LogP contribution >= 0.6 is 11.8 Å². The van der Waals surface area contributed by atoms with Crippen LogP contribution in [0.4, 0.5) is 11.9 Å². The summed E-state index contributed by atoms with van der Waals surface area (Å²) in [5.74, 6) is 6.30.